The minimum Gasteiger partial charge on any atom is -0.391 e. The summed E-state index contributed by atoms with van der Waals surface area (Å²) in [6, 6.07) is 20.5. The van der Waals surface area contributed by atoms with Crippen molar-refractivity contribution < 1.29 is 5.11 Å². The number of rotatable bonds is 8. The monoisotopic (exact) mass is 473 g/mol. The minimum absolute atomic E-state index is 0.0893. The number of fused-ring (bicyclic) bond motifs is 1. The van der Waals surface area contributed by atoms with Gasteiger partial charge in [0.25, 0.3) is 5.56 Å². The maximum atomic E-state index is 13.1. The molecule has 34 heavy (non-hydrogen) atoms. The molecule has 1 fully saturated rings. The summed E-state index contributed by atoms with van der Waals surface area (Å²) < 4.78 is 0. The summed E-state index contributed by atoms with van der Waals surface area (Å²) in [6.45, 7) is 1.11. The van der Waals surface area contributed by atoms with Gasteiger partial charge in [-0.3, -0.25) is 9.69 Å². The fourth-order valence-electron chi connectivity index (χ4n) is 5.10. The lowest BCUT2D eigenvalue weighted by molar-refractivity contribution is 0.0662. The number of nitrogens with one attached hydrogen (secondary N) is 1. The first-order valence-corrected chi connectivity index (χ1v) is 13.1. The lowest BCUT2D eigenvalue weighted by Crippen LogP contribution is -2.42. The molecule has 0 spiro atoms. The first kappa shape index (κ1) is 23.0. The molecule has 2 aromatic heterocycles. The van der Waals surface area contributed by atoms with Crippen LogP contribution in [0.5, 0.6) is 0 Å². The number of thiophene rings is 1. The molecule has 0 amide bonds. The van der Waals surface area contributed by atoms with Gasteiger partial charge in [-0.15, -0.1) is 11.3 Å². The summed E-state index contributed by atoms with van der Waals surface area (Å²) in [7, 11) is 0. The van der Waals surface area contributed by atoms with E-state index in [0.29, 0.717) is 36.8 Å². The zero-order valence-electron chi connectivity index (χ0n) is 19.3. The molecule has 1 aliphatic rings. The van der Waals surface area contributed by atoms with Crippen LogP contribution in [0.3, 0.4) is 0 Å². The van der Waals surface area contributed by atoms with Crippen LogP contribution in [-0.4, -0.2) is 38.7 Å². The van der Waals surface area contributed by atoms with Gasteiger partial charge in [-0.05, 0) is 30.4 Å². The van der Waals surface area contributed by atoms with Gasteiger partial charge in [0.15, 0.2) is 0 Å². The van der Waals surface area contributed by atoms with Crippen molar-refractivity contribution in [1.82, 2.24) is 14.9 Å². The predicted molar refractivity (Wildman–Crippen MR) is 139 cm³/mol. The van der Waals surface area contributed by atoms with Crippen molar-refractivity contribution in [3.05, 3.63) is 87.8 Å². The van der Waals surface area contributed by atoms with Gasteiger partial charge in [0.2, 0.25) is 0 Å². The van der Waals surface area contributed by atoms with Gasteiger partial charge in [-0.25, -0.2) is 4.98 Å². The van der Waals surface area contributed by atoms with Crippen molar-refractivity contribution in [1.29, 1.82) is 0 Å². The van der Waals surface area contributed by atoms with E-state index in [0.717, 1.165) is 34.4 Å². The van der Waals surface area contributed by atoms with Crippen molar-refractivity contribution in [3.63, 3.8) is 0 Å². The molecule has 0 saturated heterocycles. The van der Waals surface area contributed by atoms with Gasteiger partial charge in [-0.1, -0.05) is 79.9 Å². The van der Waals surface area contributed by atoms with Gasteiger partial charge in [0.1, 0.15) is 10.7 Å². The Kier molecular flexibility index (Phi) is 7.19. The van der Waals surface area contributed by atoms with Crippen LogP contribution in [-0.2, 0) is 13.0 Å². The average Bonchev–Trinajstić information content (AvgIpc) is 3.30. The Balaban J connectivity index is 1.39. The van der Waals surface area contributed by atoms with Gasteiger partial charge in [0, 0.05) is 23.5 Å². The summed E-state index contributed by atoms with van der Waals surface area (Å²) >= 11 is 1.52. The lowest BCUT2D eigenvalue weighted by atomic mass is 9.93. The van der Waals surface area contributed by atoms with E-state index in [-0.39, 0.29) is 5.56 Å². The lowest BCUT2D eigenvalue weighted by Gasteiger charge is -2.35. The SMILES string of the molecule is O=c1[nH]c(CN(CC(O)Cc2ccccc2)C2CCCCC2)nc2scc(-c3ccccc3)c12. The summed E-state index contributed by atoms with van der Waals surface area (Å²) in [5.41, 5.74) is 3.01. The van der Waals surface area contributed by atoms with Gasteiger partial charge in [0.05, 0.1) is 18.0 Å². The zero-order chi connectivity index (χ0) is 23.3. The fourth-order valence-corrected chi connectivity index (χ4v) is 6.07. The van der Waals surface area contributed by atoms with E-state index in [2.05, 4.69) is 22.0 Å². The number of benzene rings is 2. The summed E-state index contributed by atoms with van der Waals surface area (Å²) in [6.07, 6.45) is 6.11. The van der Waals surface area contributed by atoms with Crippen LogP contribution in [0.1, 0.15) is 43.5 Å². The Bertz CT molecular complexity index is 1260. The highest BCUT2D eigenvalue weighted by molar-refractivity contribution is 7.17. The molecular formula is C28H31N3O2S. The van der Waals surface area contributed by atoms with Gasteiger partial charge in [-0.2, -0.15) is 0 Å². The number of H-pyrrole nitrogens is 1. The first-order valence-electron chi connectivity index (χ1n) is 12.2. The van der Waals surface area contributed by atoms with E-state index in [1.54, 1.807) is 0 Å². The maximum absolute atomic E-state index is 13.1. The Hall–Kier alpha value is -2.80. The molecule has 0 radical (unpaired) electrons. The molecule has 1 unspecified atom stereocenters. The number of nitrogens with zero attached hydrogens (tertiary/aromatic N) is 2. The number of aromatic nitrogens is 2. The average molecular weight is 474 g/mol. The summed E-state index contributed by atoms with van der Waals surface area (Å²) in [5.74, 6) is 0.677. The molecule has 1 saturated carbocycles. The van der Waals surface area contributed by atoms with Crippen LogP contribution in [0.25, 0.3) is 21.3 Å². The Morgan fingerprint density at radius 3 is 2.47 bits per heavy atom. The van der Waals surface area contributed by atoms with E-state index >= 15 is 0 Å². The largest absolute Gasteiger partial charge is 0.391 e. The van der Waals surface area contributed by atoms with E-state index in [4.69, 9.17) is 4.98 Å². The molecule has 6 heteroatoms. The molecule has 4 aromatic rings. The van der Waals surface area contributed by atoms with Gasteiger partial charge < -0.3 is 10.1 Å². The molecule has 2 heterocycles. The molecule has 5 rings (SSSR count). The Morgan fingerprint density at radius 2 is 1.74 bits per heavy atom. The number of hydrogen-bond donors (Lipinski definition) is 2. The third kappa shape index (κ3) is 5.30. The van der Waals surface area contributed by atoms with E-state index in [9.17, 15) is 9.90 Å². The highest BCUT2D eigenvalue weighted by atomic mass is 32.1. The second kappa shape index (κ2) is 10.6. The van der Waals surface area contributed by atoms with E-state index in [1.165, 1.54) is 30.6 Å². The second-order valence-corrected chi connectivity index (χ2v) is 10.1. The third-order valence-corrected chi connectivity index (χ3v) is 7.65. The molecule has 0 aliphatic heterocycles. The van der Waals surface area contributed by atoms with Crippen LogP contribution >= 0.6 is 11.3 Å². The molecule has 1 atom stereocenters. The molecular weight excluding hydrogens is 442 g/mol. The number of hydrogen-bond acceptors (Lipinski definition) is 5. The smallest absolute Gasteiger partial charge is 0.260 e. The number of aromatic amines is 1. The van der Waals surface area contributed by atoms with Crippen LogP contribution in [0, 0.1) is 0 Å². The summed E-state index contributed by atoms with van der Waals surface area (Å²) in [4.78, 5) is 24.1. The van der Waals surface area contributed by atoms with Crippen LogP contribution < -0.4 is 5.56 Å². The minimum atomic E-state index is -0.466. The first-order chi connectivity index (χ1) is 16.7. The van der Waals surface area contributed by atoms with E-state index < -0.39 is 6.10 Å². The topological polar surface area (TPSA) is 69.2 Å². The standard InChI is InChI=1S/C28H31N3O2S/c32-23(16-20-10-4-1-5-11-20)17-31(22-14-8-3-9-15-22)18-25-29-27(33)26-24(19-34-28(26)30-25)21-12-6-2-7-13-21/h1-2,4-7,10-13,19,22-23,32H,3,8-9,14-18H2,(H,29,30,33). The zero-order valence-corrected chi connectivity index (χ0v) is 20.1. The molecule has 1 aliphatic carbocycles. The third-order valence-electron chi connectivity index (χ3n) is 6.78. The van der Waals surface area contributed by atoms with Crippen molar-refractivity contribution in [2.45, 2.75) is 57.2 Å². The number of aliphatic hydroxyl groups excluding tert-OH is 1. The van der Waals surface area contributed by atoms with Crippen molar-refractivity contribution >= 4 is 21.6 Å². The normalized spacial score (nSPS) is 15.7. The summed E-state index contributed by atoms with van der Waals surface area (Å²) in [5, 5.41) is 13.6. The highest BCUT2D eigenvalue weighted by Gasteiger charge is 2.25. The highest BCUT2D eigenvalue weighted by Crippen LogP contribution is 2.31. The van der Waals surface area contributed by atoms with Crippen molar-refractivity contribution in [2.75, 3.05) is 6.54 Å². The van der Waals surface area contributed by atoms with E-state index in [1.807, 2.05) is 53.9 Å². The Labute approximate surface area is 204 Å². The quantitative estimate of drug-likeness (QED) is 0.360. The van der Waals surface area contributed by atoms with Crippen LogP contribution in [0.4, 0.5) is 0 Å². The molecule has 176 valence electrons. The second-order valence-electron chi connectivity index (χ2n) is 9.27. The van der Waals surface area contributed by atoms with Crippen molar-refractivity contribution in [3.8, 4) is 11.1 Å². The maximum Gasteiger partial charge on any atom is 0.260 e. The predicted octanol–water partition coefficient (Wildman–Crippen LogP) is 5.39. The van der Waals surface area contributed by atoms with Crippen LogP contribution in [0.15, 0.2) is 70.8 Å². The Morgan fingerprint density at radius 1 is 1.03 bits per heavy atom. The van der Waals surface area contributed by atoms with Crippen LogP contribution in [0.2, 0.25) is 0 Å². The molecule has 5 nitrogen and oxygen atoms in total. The molecule has 0 bridgehead atoms. The number of aliphatic hydroxyl groups is 1. The van der Waals surface area contributed by atoms with Gasteiger partial charge >= 0.3 is 0 Å². The fraction of sp³-hybridized carbons (Fsp3) is 0.357. The van der Waals surface area contributed by atoms with Crippen molar-refractivity contribution in [2.24, 2.45) is 0 Å². The molecule has 2 N–H and O–H groups in total. The molecule has 2 aromatic carbocycles.